The Hall–Kier alpha value is -3.00. The molecule has 4 nitrogen and oxygen atoms in total. The van der Waals surface area contributed by atoms with E-state index in [1.165, 1.54) is 6.07 Å². The smallest absolute Gasteiger partial charge is 0.265 e. The Morgan fingerprint density at radius 1 is 1.14 bits per heavy atom. The molecule has 0 aromatic heterocycles. The Kier molecular flexibility index (Phi) is 2.99. The summed E-state index contributed by atoms with van der Waals surface area (Å²) in [6.07, 6.45) is 0.0736. The highest BCUT2D eigenvalue weighted by Gasteiger charge is 2.33. The number of benzene rings is 2. The largest absolute Gasteiger partial charge is 0.274 e. The summed E-state index contributed by atoms with van der Waals surface area (Å²) >= 11 is 0. The third kappa shape index (κ3) is 2.07. The van der Waals surface area contributed by atoms with Gasteiger partial charge in [-0.15, -0.1) is 0 Å². The first-order chi connectivity index (χ1) is 10.1. The van der Waals surface area contributed by atoms with Crippen LogP contribution in [0, 0.1) is 17.1 Å². The number of anilines is 1. The summed E-state index contributed by atoms with van der Waals surface area (Å²) in [5.41, 5.74) is 1.15. The van der Waals surface area contributed by atoms with Gasteiger partial charge in [0.1, 0.15) is 11.9 Å². The topological polar surface area (TPSA) is 61.2 Å². The van der Waals surface area contributed by atoms with Crippen molar-refractivity contribution in [3.8, 4) is 6.07 Å². The number of rotatable bonds is 1. The van der Waals surface area contributed by atoms with Crippen molar-refractivity contribution in [2.75, 3.05) is 4.90 Å². The quantitative estimate of drug-likeness (QED) is 0.754. The third-order valence-corrected chi connectivity index (χ3v) is 3.36. The molecule has 0 atom stereocenters. The van der Waals surface area contributed by atoms with E-state index in [1.54, 1.807) is 24.3 Å². The van der Waals surface area contributed by atoms with Crippen LogP contribution < -0.4 is 4.90 Å². The van der Waals surface area contributed by atoms with E-state index in [0.717, 1.165) is 17.0 Å². The average molecular weight is 280 g/mol. The highest BCUT2D eigenvalue weighted by atomic mass is 19.1. The van der Waals surface area contributed by atoms with E-state index < -0.39 is 17.6 Å². The van der Waals surface area contributed by atoms with Gasteiger partial charge < -0.3 is 0 Å². The van der Waals surface area contributed by atoms with Gasteiger partial charge in [0.05, 0.1) is 17.7 Å². The van der Waals surface area contributed by atoms with Crippen molar-refractivity contribution in [1.82, 2.24) is 0 Å². The lowest BCUT2D eigenvalue weighted by Crippen LogP contribution is -2.42. The summed E-state index contributed by atoms with van der Waals surface area (Å²) < 4.78 is 13.2. The summed E-state index contributed by atoms with van der Waals surface area (Å²) in [7, 11) is 0. The van der Waals surface area contributed by atoms with Crippen LogP contribution in [-0.2, 0) is 11.2 Å². The number of imide groups is 1. The molecular formula is C16H9FN2O2. The van der Waals surface area contributed by atoms with E-state index in [9.17, 15) is 14.0 Å². The predicted molar refractivity (Wildman–Crippen MR) is 73.1 cm³/mol. The number of nitrogens with zero attached hydrogens (tertiary/aromatic N) is 2. The lowest BCUT2D eigenvalue weighted by molar-refractivity contribution is -0.117. The Bertz CT molecular complexity index is 808. The van der Waals surface area contributed by atoms with Crippen molar-refractivity contribution in [3.63, 3.8) is 0 Å². The molecule has 2 amide bonds. The third-order valence-electron chi connectivity index (χ3n) is 3.36. The van der Waals surface area contributed by atoms with Crippen LogP contribution in [0.4, 0.5) is 10.1 Å². The van der Waals surface area contributed by atoms with Crippen molar-refractivity contribution in [2.45, 2.75) is 6.42 Å². The van der Waals surface area contributed by atoms with E-state index in [4.69, 9.17) is 5.26 Å². The number of amides is 2. The second-order valence-electron chi connectivity index (χ2n) is 4.64. The molecule has 5 heteroatoms. The summed E-state index contributed by atoms with van der Waals surface area (Å²) in [4.78, 5) is 25.7. The fourth-order valence-electron chi connectivity index (χ4n) is 2.40. The highest BCUT2D eigenvalue weighted by Crippen LogP contribution is 2.28. The van der Waals surface area contributed by atoms with Gasteiger partial charge in [-0.3, -0.25) is 9.59 Å². The Morgan fingerprint density at radius 3 is 2.67 bits per heavy atom. The SMILES string of the molecule is N#Cc1cc(F)ccc1N1C(=O)Cc2ccccc2C1=O. The fraction of sp³-hybridized carbons (Fsp3) is 0.0625. The first-order valence-electron chi connectivity index (χ1n) is 6.26. The number of fused-ring (bicyclic) bond motifs is 1. The number of nitriles is 1. The van der Waals surface area contributed by atoms with Crippen molar-refractivity contribution in [3.05, 3.63) is 65.0 Å². The van der Waals surface area contributed by atoms with Crippen LogP contribution in [0.25, 0.3) is 0 Å². The standard InChI is InChI=1S/C16H9FN2O2/c17-12-5-6-14(11(7-12)9-18)19-15(20)8-10-3-1-2-4-13(10)16(19)21/h1-7H,8H2. The van der Waals surface area contributed by atoms with Crippen molar-refractivity contribution < 1.29 is 14.0 Å². The van der Waals surface area contributed by atoms with Crippen LogP contribution in [-0.4, -0.2) is 11.8 Å². The molecule has 102 valence electrons. The first-order valence-corrected chi connectivity index (χ1v) is 6.26. The monoisotopic (exact) mass is 280 g/mol. The molecule has 1 aliphatic heterocycles. The molecule has 0 bridgehead atoms. The zero-order valence-corrected chi connectivity index (χ0v) is 10.8. The van der Waals surface area contributed by atoms with Gasteiger partial charge in [-0.2, -0.15) is 5.26 Å². The summed E-state index contributed by atoms with van der Waals surface area (Å²) in [5.74, 6) is -1.51. The summed E-state index contributed by atoms with van der Waals surface area (Å²) in [6.45, 7) is 0. The second kappa shape index (κ2) is 4.84. The molecular weight excluding hydrogens is 271 g/mol. The molecule has 0 aliphatic carbocycles. The van der Waals surface area contributed by atoms with E-state index in [1.807, 2.05) is 6.07 Å². The van der Waals surface area contributed by atoms with Crippen LogP contribution in [0.15, 0.2) is 42.5 Å². The molecule has 1 heterocycles. The molecule has 0 spiro atoms. The zero-order valence-electron chi connectivity index (χ0n) is 10.8. The Balaban J connectivity index is 2.14. The van der Waals surface area contributed by atoms with Gasteiger partial charge in [0.2, 0.25) is 5.91 Å². The van der Waals surface area contributed by atoms with Crippen LogP contribution in [0.5, 0.6) is 0 Å². The van der Waals surface area contributed by atoms with Gasteiger partial charge in [0.15, 0.2) is 0 Å². The van der Waals surface area contributed by atoms with E-state index in [2.05, 4.69) is 0 Å². The van der Waals surface area contributed by atoms with Crippen molar-refractivity contribution in [1.29, 1.82) is 5.26 Å². The highest BCUT2D eigenvalue weighted by molar-refractivity contribution is 6.25. The number of hydrogen-bond acceptors (Lipinski definition) is 3. The van der Waals surface area contributed by atoms with Gasteiger partial charge in [-0.25, -0.2) is 9.29 Å². The van der Waals surface area contributed by atoms with E-state index in [0.29, 0.717) is 11.1 Å². The molecule has 2 aromatic carbocycles. The number of hydrogen-bond donors (Lipinski definition) is 0. The lowest BCUT2D eigenvalue weighted by Gasteiger charge is -2.27. The number of carbonyl (C=O) groups excluding carboxylic acids is 2. The summed E-state index contributed by atoms with van der Waals surface area (Å²) in [5, 5.41) is 9.08. The van der Waals surface area contributed by atoms with E-state index >= 15 is 0 Å². The Morgan fingerprint density at radius 2 is 1.90 bits per heavy atom. The molecule has 0 unspecified atom stereocenters. The van der Waals surface area contributed by atoms with Gasteiger partial charge in [-0.1, -0.05) is 18.2 Å². The van der Waals surface area contributed by atoms with Crippen LogP contribution in [0.1, 0.15) is 21.5 Å². The predicted octanol–water partition coefficient (Wildman–Crippen LogP) is 2.43. The average Bonchev–Trinajstić information content (AvgIpc) is 2.48. The fourth-order valence-corrected chi connectivity index (χ4v) is 2.40. The van der Waals surface area contributed by atoms with Crippen molar-refractivity contribution >= 4 is 17.5 Å². The molecule has 0 radical (unpaired) electrons. The summed E-state index contributed by atoms with van der Waals surface area (Å²) in [6, 6.07) is 12.0. The second-order valence-corrected chi connectivity index (χ2v) is 4.64. The van der Waals surface area contributed by atoms with Gasteiger partial charge in [0, 0.05) is 5.56 Å². The molecule has 0 fully saturated rings. The Labute approximate surface area is 120 Å². The number of carbonyl (C=O) groups is 2. The first kappa shape index (κ1) is 13.0. The normalized spacial score (nSPS) is 13.8. The molecule has 0 saturated heterocycles. The van der Waals surface area contributed by atoms with E-state index in [-0.39, 0.29) is 17.7 Å². The maximum absolute atomic E-state index is 13.2. The van der Waals surface area contributed by atoms with Crippen molar-refractivity contribution in [2.24, 2.45) is 0 Å². The molecule has 1 aliphatic rings. The molecule has 3 rings (SSSR count). The maximum atomic E-state index is 13.2. The minimum absolute atomic E-state index is 0.0453. The molecule has 0 saturated carbocycles. The van der Waals surface area contributed by atoms with Crippen LogP contribution >= 0.6 is 0 Å². The van der Waals surface area contributed by atoms with Gasteiger partial charge in [0.25, 0.3) is 5.91 Å². The minimum atomic E-state index is -0.590. The van der Waals surface area contributed by atoms with Gasteiger partial charge in [-0.05, 0) is 29.8 Å². The molecule has 0 N–H and O–H groups in total. The van der Waals surface area contributed by atoms with Crippen LogP contribution in [0.2, 0.25) is 0 Å². The molecule has 21 heavy (non-hydrogen) atoms. The maximum Gasteiger partial charge on any atom is 0.265 e. The zero-order chi connectivity index (χ0) is 15.0. The van der Waals surface area contributed by atoms with Gasteiger partial charge >= 0.3 is 0 Å². The van der Waals surface area contributed by atoms with Crippen LogP contribution in [0.3, 0.4) is 0 Å². The number of halogens is 1. The minimum Gasteiger partial charge on any atom is -0.274 e. The lowest BCUT2D eigenvalue weighted by atomic mass is 9.97. The molecule has 2 aromatic rings.